The molecule has 0 aliphatic rings. The van der Waals surface area contributed by atoms with Gasteiger partial charge in [0.25, 0.3) is 0 Å². The highest BCUT2D eigenvalue weighted by Crippen LogP contribution is 2.27. The second-order valence-electron chi connectivity index (χ2n) is 4.38. The molecule has 0 amide bonds. The second-order valence-corrected chi connectivity index (χ2v) is 5.62. The van der Waals surface area contributed by atoms with Crippen LogP contribution in [0, 0.1) is 10.5 Å². The first kappa shape index (κ1) is 14.3. The Labute approximate surface area is 127 Å². The predicted octanol–water partition coefficient (Wildman–Crippen LogP) is 3.16. The van der Waals surface area contributed by atoms with Crippen molar-refractivity contribution in [1.82, 2.24) is 5.43 Å². The van der Waals surface area contributed by atoms with E-state index < -0.39 is 0 Å². The predicted molar refractivity (Wildman–Crippen MR) is 86.1 cm³/mol. The van der Waals surface area contributed by atoms with Gasteiger partial charge in [-0.25, -0.2) is 5.43 Å². The lowest BCUT2D eigenvalue weighted by Crippen LogP contribution is -2.29. The van der Waals surface area contributed by atoms with Crippen LogP contribution >= 0.6 is 22.6 Å². The number of benzene rings is 2. The maximum absolute atomic E-state index is 5.74. The van der Waals surface area contributed by atoms with E-state index in [4.69, 9.17) is 10.6 Å². The molecule has 0 radical (unpaired) electrons. The summed E-state index contributed by atoms with van der Waals surface area (Å²) >= 11 is 2.31. The van der Waals surface area contributed by atoms with Crippen molar-refractivity contribution in [2.75, 3.05) is 7.11 Å². The molecule has 0 saturated heterocycles. The molecule has 19 heavy (non-hydrogen) atoms. The van der Waals surface area contributed by atoms with Crippen molar-refractivity contribution in [3.63, 3.8) is 0 Å². The Kier molecular flexibility index (Phi) is 4.79. The smallest absolute Gasteiger partial charge is 0.119 e. The highest BCUT2D eigenvalue weighted by Gasteiger charge is 2.15. The Balaban J connectivity index is 2.42. The maximum atomic E-state index is 5.74. The number of rotatable bonds is 4. The summed E-state index contributed by atoms with van der Waals surface area (Å²) in [6, 6.07) is 14.3. The Morgan fingerprint density at radius 1 is 1.21 bits per heavy atom. The van der Waals surface area contributed by atoms with E-state index in [1.165, 1.54) is 3.57 Å². The molecule has 0 aromatic heterocycles. The first-order chi connectivity index (χ1) is 9.15. The van der Waals surface area contributed by atoms with Crippen LogP contribution < -0.4 is 16.0 Å². The molecule has 1 unspecified atom stereocenters. The van der Waals surface area contributed by atoms with E-state index in [2.05, 4.69) is 59.2 Å². The van der Waals surface area contributed by atoms with Crippen molar-refractivity contribution in [1.29, 1.82) is 0 Å². The minimum atomic E-state index is -0.0133. The molecule has 0 fully saturated rings. The number of ether oxygens (including phenoxy) is 1. The number of hydrazine groups is 1. The van der Waals surface area contributed by atoms with Gasteiger partial charge in [-0.15, -0.1) is 0 Å². The van der Waals surface area contributed by atoms with Gasteiger partial charge in [0.05, 0.1) is 13.2 Å². The fourth-order valence-electron chi connectivity index (χ4n) is 2.15. The normalized spacial score (nSPS) is 12.2. The minimum absolute atomic E-state index is 0.0133. The van der Waals surface area contributed by atoms with Crippen molar-refractivity contribution in [2.45, 2.75) is 13.0 Å². The third-order valence-electron chi connectivity index (χ3n) is 3.14. The molecular formula is C15H17IN2O. The molecule has 4 heteroatoms. The Hall–Kier alpha value is -1.11. The molecule has 0 bridgehead atoms. The summed E-state index contributed by atoms with van der Waals surface area (Å²) in [5.74, 6) is 6.60. The summed E-state index contributed by atoms with van der Waals surface area (Å²) in [6.07, 6.45) is 0. The molecule has 100 valence electrons. The van der Waals surface area contributed by atoms with Crippen LogP contribution in [0.15, 0.2) is 42.5 Å². The fourth-order valence-corrected chi connectivity index (χ4v) is 2.72. The van der Waals surface area contributed by atoms with Crippen LogP contribution in [0.2, 0.25) is 0 Å². The third-order valence-corrected chi connectivity index (χ3v) is 3.81. The number of halogens is 1. The van der Waals surface area contributed by atoms with Gasteiger partial charge in [0.15, 0.2) is 0 Å². The van der Waals surface area contributed by atoms with Crippen LogP contribution in [0.3, 0.4) is 0 Å². The highest BCUT2D eigenvalue weighted by atomic mass is 127. The van der Waals surface area contributed by atoms with Crippen molar-refractivity contribution < 1.29 is 4.74 Å². The fraction of sp³-hybridized carbons (Fsp3) is 0.200. The van der Waals surface area contributed by atoms with E-state index in [0.717, 1.165) is 22.4 Å². The molecule has 1 atom stereocenters. The quantitative estimate of drug-likeness (QED) is 0.495. The van der Waals surface area contributed by atoms with Crippen LogP contribution in [0.5, 0.6) is 5.75 Å². The zero-order valence-corrected chi connectivity index (χ0v) is 13.1. The second kappa shape index (κ2) is 6.36. The maximum Gasteiger partial charge on any atom is 0.119 e. The van der Waals surface area contributed by atoms with Gasteiger partial charge in [0.1, 0.15) is 5.75 Å². The minimum Gasteiger partial charge on any atom is -0.497 e. The standard InChI is InChI=1S/C15H17IN2O/c1-10-8-13(19-2)6-7-14(10)15(18-17)11-4-3-5-12(16)9-11/h3-9,15,18H,17H2,1-2H3. The number of hydrogen-bond donors (Lipinski definition) is 2. The van der Waals surface area contributed by atoms with E-state index in [1.54, 1.807) is 7.11 Å². The van der Waals surface area contributed by atoms with Crippen molar-refractivity contribution in [3.05, 3.63) is 62.7 Å². The summed E-state index contributed by atoms with van der Waals surface area (Å²) in [7, 11) is 1.67. The van der Waals surface area contributed by atoms with E-state index in [0.29, 0.717) is 0 Å². The molecule has 2 aromatic carbocycles. The molecule has 0 heterocycles. The summed E-state index contributed by atoms with van der Waals surface area (Å²) in [6.45, 7) is 2.07. The number of methoxy groups -OCH3 is 1. The van der Waals surface area contributed by atoms with Crippen LogP contribution in [-0.4, -0.2) is 7.11 Å². The number of nitrogens with one attached hydrogen (secondary N) is 1. The SMILES string of the molecule is COc1ccc(C(NN)c2cccc(I)c2)c(C)c1. The molecular weight excluding hydrogens is 351 g/mol. The number of aryl methyl sites for hydroxylation is 1. The largest absolute Gasteiger partial charge is 0.497 e. The van der Waals surface area contributed by atoms with Gasteiger partial charge in [-0.3, -0.25) is 5.84 Å². The van der Waals surface area contributed by atoms with Gasteiger partial charge in [-0.1, -0.05) is 18.2 Å². The van der Waals surface area contributed by atoms with Crippen molar-refractivity contribution >= 4 is 22.6 Å². The summed E-state index contributed by atoms with van der Waals surface area (Å²) in [5, 5.41) is 0. The molecule has 0 aliphatic heterocycles. The van der Waals surface area contributed by atoms with Gasteiger partial charge < -0.3 is 4.74 Å². The van der Waals surface area contributed by atoms with Gasteiger partial charge in [0, 0.05) is 3.57 Å². The van der Waals surface area contributed by atoms with E-state index in [9.17, 15) is 0 Å². The third kappa shape index (κ3) is 3.26. The van der Waals surface area contributed by atoms with Crippen LogP contribution in [0.1, 0.15) is 22.7 Å². The first-order valence-corrected chi connectivity index (χ1v) is 7.09. The van der Waals surface area contributed by atoms with Crippen molar-refractivity contribution in [2.24, 2.45) is 5.84 Å². The number of nitrogens with two attached hydrogens (primary N) is 1. The van der Waals surface area contributed by atoms with E-state index in [1.807, 2.05) is 18.2 Å². The lowest BCUT2D eigenvalue weighted by molar-refractivity contribution is 0.414. The van der Waals surface area contributed by atoms with E-state index in [-0.39, 0.29) is 6.04 Å². The number of hydrogen-bond acceptors (Lipinski definition) is 3. The lowest BCUT2D eigenvalue weighted by Gasteiger charge is -2.20. The van der Waals surface area contributed by atoms with Gasteiger partial charge in [-0.2, -0.15) is 0 Å². The monoisotopic (exact) mass is 368 g/mol. The van der Waals surface area contributed by atoms with Crippen molar-refractivity contribution in [3.8, 4) is 5.75 Å². The topological polar surface area (TPSA) is 47.3 Å². The van der Waals surface area contributed by atoms with E-state index >= 15 is 0 Å². The molecule has 0 spiro atoms. The summed E-state index contributed by atoms with van der Waals surface area (Å²) in [5.41, 5.74) is 6.36. The molecule has 0 saturated carbocycles. The summed E-state index contributed by atoms with van der Waals surface area (Å²) in [4.78, 5) is 0. The lowest BCUT2D eigenvalue weighted by atomic mass is 9.95. The molecule has 3 N–H and O–H groups in total. The van der Waals surface area contributed by atoms with Crippen LogP contribution in [0.25, 0.3) is 0 Å². The Morgan fingerprint density at radius 2 is 2.00 bits per heavy atom. The van der Waals surface area contributed by atoms with Crippen LogP contribution in [-0.2, 0) is 0 Å². The average Bonchev–Trinajstić information content (AvgIpc) is 2.41. The first-order valence-electron chi connectivity index (χ1n) is 6.02. The van der Waals surface area contributed by atoms with Gasteiger partial charge in [0.2, 0.25) is 0 Å². The van der Waals surface area contributed by atoms with Gasteiger partial charge >= 0.3 is 0 Å². The molecule has 2 aromatic rings. The highest BCUT2D eigenvalue weighted by molar-refractivity contribution is 14.1. The van der Waals surface area contributed by atoms with Gasteiger partial charge in [-0.05, 0) is 70.5 Å². The Morgan fingerprint density at radius 3 is 2.58 bits per heavy atom. The molecule has 0 aliphatic carbocycles. The molecule has 3 nitrogen and oxygen atoms in total. The zero-order chi connectivity index (χ0) is 13.8. The average molecular weight is 368 g/mol. The van der Waals surface area contributed by atoms with Crippen LogP contribution in [0.4, 0.5) is 0 Å². The Bertz CT molecular complexity index is 572. The molecule has 2 rings (SSSR count). The summed E-state index contributed by atoms with van der Waals surface area (Å²) < 4.78 is 6.43. The zero-order valence-electron chi connectivity index (χ0n) is 11.0.